The normalized spacial score (nSPS) is 12.6. The Hall–Kier alpha value is -1.12. The number of likely N-dealkylation sites (N-methyl/N-ethyl adjacent to an activating group) is 1. The third kappa shape index (κ3) is 7.63. The van der Waals surface area contributed by atoms with Crippen LogP contribution in [0.1, 0.15) is 25.1 Å². The van der Waals surface area contributed by atoms with Gasteiger partial charge in [-0.15, -0.1) is 11.3 Å². The van der Waals surface area contributed by atoms with E-state index in [2.05, 4.69) is 32.7 Å². The van der Waals surface area contributed by atoms with E-state index < -0.39 is 10.0 Å². The highest BCUT2D eigenvalue weighted by atomic mass is 32.2. The Morgan fingerprint density at radius 3 is 2.62 bits per heavy atom. The molecular weight excluding hydrogens is 344 g/mol. The molecule has 1 heterocycles. The van der Waals surface area contributed by atoms with Gasteiger partial charge in [0.1, 0.15) is 0 Å². The minimum absolute atomic E-state index is 0.503. The molecule has 1 N–H and O–H groups in total. The van der Waals surface area contributed by atoms with Gasteiger partial charge in [-0.25, -0.2) is 12.7 Å². The van der Waals surface area contributed by atoms with Crippen LogP contribution >= 0.6 is 11.3 Å². The number of hydrogen-bond acceptors (Lipinski definition) is 4. The first kappa shape index (κ1) is 20.9. The summed E-state index contributed by atoms with van der Waals surface area (Å²) >= 11 is 1.77. The van der Waals surface area contributed by atoms with Crippen molar-refractivity contribution in [3.05, 3.63) is 22.4 Å². The third-order valence-corrected chi connectivity index (χ3v) is 5.93. The Balaban J connectivity index is 2.48. The van der Waals surface area contributed by atoms with E-state index in [9.17, 15) is 8.42 Å². The molecule has 0 spiro atoms. The number of nitrogens with zero attached hydrogens (tertiary/aromatic N) is 3. The third-order valence-electron chi connectivity index (χ3n) is 3.62. The SMILES string of the molecule is CCNC(=NCCCN(CC)S(C)(=O)=O)N(C)CCc1cccs1. The first-order valence-corrected chi connectivity index (χ1v) is 11.1. The topological polar surface area (TPSA) is 65.0 Å². The van der Waals surface area contributed by atoms with E-state index in [1.807, 2.05) is 20.9 Å². The molecule has 1 aromatic rings. The molecule has 1 aromatic heterocycles. The van der Waals surface area contributed by atoms with Crippen molar-refractivity contribution in [2.75, 3.05) is 46.0 Å². The van der Waals surface area contributed by atoms with Gasteiger partial charge in [-0.05, 0) is 31.2 Å². The summed E-state index contributed by atoms with van der Waals surface area (Å²) in [4.78, 5) is 8.10. The molecule has 0 atom stereocenters. The number of nitrogens with one attached hydrogen (secondary N) is 1. The highest BCUT2D eigenvalue weighted by molar-refractivity contribution is 7.88. The molecule has 24 heavy (non-hydrogen) atoms. The summed E-state index contributed by atoms with van der Waals surface area (Å²) in [5.74, 6) is 0.872. The summed E-state index contributed by atoms with van der Waals surface area (Å²) in [7, 11) is -1.08. The van der Waals surface area contributed by atoms with Gasteiger partial charge in [-0.3, -0.25) is 4.99 Å². The minimum atomic E-state index is -3.12. The van der Waals surface area contributed by atoms with Crippen LogP contribution in [-0.4, -0.2) is 69.6 Å². The predicted octanol–water partition coefficient (Wildman–Crippen LogP) is 1.86. The fraction of sp³-hybridized carbons (Fsp3) is 0.688. The molecule has 8 heteroatoms. The molecule has 0 aliphatic heterocycles. The minimum Gasteiger partial charge on any atom is -0.357 e. The first-order valence-electron chi connectivity index (χ1n) is 8.35. The largest absolute Gasteiger partial charge is 0.357 e. The Kier molecular flexibility index (Phi) is 9.31. The van der Waals surface area contributed by atoms with E-state index in [1.165, 1.54) is 15.4 Å². The average Bonchev–Trinajstić information content (AvgIpc) is 3.03. The van der Waals surface area contributed by atoms with Gasteiger partial charge < -0.3 is 10.2 Å². The van der Waals surface area contributed by atoms with Crippen molar-refractivity contribution in [3.63, 3.8) is 0 Å². The number of sulfonamides is 1. The molecule has 0 saturated heterocycles. The fourth-order valence-corrected chi connectivity index (χ4v) is 3.93. The summed E-state index contributed by atoms with van der Waals surface area (Å²) in [6.07, 6.45) is 2.97. The molecule has 0 fully saturated rings. The van der Waals surface area contributed by atoms with Gasteiger partial charge in [0, 0.05) is 44.6 Å². The van der Waals surface area contributed by atoms with E-state index in [-0.39, 0.29) is 0 Å². The molecule has 0 unspecified atom stereocenters. The lowest BCUT2D eigenvalue weighted by molar-refractivity contribution is 0.425. The molecule has 0 bridgehead atoms. The van der Waals surface area contributed by atoms with Crippen LogP contribution in [0.4, 0.5) is 0 Å². The van der Waals surface area contributed by atoms with Gasteiger partial charge in [-0.1, -0.05) is 13.0 Å². The van der Waals surface area contributed by atoms with Crippen LogP contribution in [0.2, 0.25) is 0 Å². The van der Waals surface area contributed by atoms with Crippen molar-refractivity contribution in [3.8, 4) is 0 Å². The number of aliphatic imine (C=N–C) groups is 1. The molecule has 0 saturated carbocycles. The van der Waals surface area contributed by atoms with Gasteiger partial charge >= 0.3 is 0 Å². The second kappa shape index (κ2) is 10.7. The predicted molar refractivity (Wildman–Crippen MR) is 103 cm³/mol. The van der Waals surface area contributed by atoms with E-state index >= 15 is 0 Å². The maximum Gasteiger partial charge on any atom is 0.211 e. The zero-order valence-electron chi connectivity index (χ0n) is 15.2. The van der Waals surface area contributed by atoms with Crippen molar-refractivity contribution in [1.82, 2.24) is 14.5 Å². The van der Waals surface area contributed by atoms with Crippen LogP contribution in [-0.2, 0) is 16.4 Å². The number of thiophene rings is 1. The Morgan fingerprint density at radius 1 is 1.33 bits per heavy atom. The second-order valence-corrected chi connectivity index (χ2v) is 8.61. The number of hydrogen-bond donors (Lipinski definition) is 1. The Morgan fingerprint density at radius 2 is 2.08 bits per heavy atom. The summed E-state index contributed by atoms with van der Waals surface area (Å²) in [6, 6.07) is 4.22. The molecule has 0 aromatic carbocycles. The Labute approximate surface area is 150 Å². The van der Waals surface area contributed by atoms with E-state index in [1.54, 1.807) is 11.3 Å². The summed E-state index contributed by atoms with van der Waals surface area (Å²) in [5, 5.41) is 5.39. The average molecular weight is 375 g/mol. The van der Waals surface area contributed by atoms with Gasteiger partial charge in [0.15, 0.2) is 5.96 Å². The van der Waals surface area contributed by atoms with E-state index in [0.717, 1.165) is 25.5 Å². The molecule has 0 aliphatic carbocycles. The van der Waals surface area contributed by atoms with E-state index in [4.69, 9.17) is 0 Å². The Bertz CT molecular complexity index is 585. The highest BCUT2D eigenvalue weighted by Gasteiger charge is 2.13. The van der Waals surface area contributed by atoms with Gasteiger partial charge in [0.2, 0.25) is 10.0 Å². The first-order chi connectivity index (χ1) is 11.4. The van der Waals surface area contributed by atoms with Crippen LogP contribution in [0.3, 0.4) is 0 Å². The standard InChI is InChI=1S/C16H30N4O2S2/c1-5-17-16(19(3)13-10-15-9-7-14-23-15)18-11-8-12-20(6-2)24(4,21)22/h7,9,14H,5-6,8,10-13H2,1-4H3,(H,17,18). The maximum absolute atomic E-state index is 11.6. The van der Waals surface area contributed by atoms with Crippen LogP contribution in [0.5, 0.6) is 0 Å². The monoisotopic (exact) mass is 374 g/mol. The van der Waals surface area contributed by atoms with Crippen LogP contribution in [0.15, 0.2) is 22.5 Å². The molecule has 6 nitrogen and oxygen atoms in total. The van der Waals surface area contributed by atoms with Crippen LogP contribution in [0.25, 0.3) is 0 Å². The van der Waals surface area contributed by atoms with Crippen molar-refractivity contribution in [2.24, 2.45) is 4.99 Å². The molecule has 0 aliphatic rings. The van der Waals surface area contributed by atoms with Crippen molar-refractivity contribution >= 4 is 27.3 Å². The zero-order valence-corrected chi connectivity index (χ0v) is 16.8. The summed E-state index contributed by atoms with van der Waals surface area (Å²) in [5.41, 5.74) is 0. The lowest BCUT2D eigenvalue weighted by atomic mass is 10.3. The molecule has 138 valence electrons. The van der Waals surface area contributed by atoms with Crippen molar-refractivity contribution < 1.29 is 8.42 Å². The lowest BCUT2D eigenvalue weighted by Crippen LogP contribution is -2.40. The highest BCUT2D eigenvalue weighted by Crippen LogP contribution is 2.09. The molecule has 0 amide bonds. The van der Waals surface area contributed by atoms with Gasteiger partial charge in [-0.2, -0.15) is 0 Å². The summed E-state index contributed by atoms with van der Waals surface area (Å²) < 4.78 is 24.6. The van der Waals surface area contributed by atoms with E-state index in [0.29, 0.717) is 26.1 Å². The van der Waals surface area contributed by atoms with Crippen molar-refractivity contribution in [2.45, 2.75) is 26.7 Å². The second-order valence-electron chi connectivity index (χ2n) is 5.59. The van der Waals surface area contributed by atoms with Gasteiger partial charge in [0.25, 0.3) is 0 Å². The maximum atomic E-state index is 11.6. The molecule has 1 rings (SSSR count). The van der Waals surface area contributed by atoms with Crippen molar-refractivity contribution in [1.29, 1.82) is 0 Å². The van der Waals surface area contributed by atoms with Gasteiger partial charge in [0.05, 0.1) is 6.26 Å². The smallest absolute Gasteiger partial charge is 0.211 e. The number of rotatable bonds is 10. The van der Waals surface area contributed by atoms with Crippen LogP contribution in [0, 0.1) is 0 Å². The summed E-state index contributed by atoms with van der Waals surface area (Å²) in [6.45, 7) is 7.24. The van der Waals surface area contributed by atoms with Crippen LogP contribution < -0.4 is 5.32 Å². The fourth-order valence-electron chi connectivity index (χ4n) is 2.30. The molecular formula is C16H30N4O2S2. The molecule has 0 radical (unpaired) electrons. The number of guanidine groups is 1. The zero-order chi connectivity index (χ0) is 18.0. The quantitative estimate of drug-likeness (QED) is 0.386. The lowest BCUT2D eigenvalue weighted by Gasteiger charge is -2.22.